The Bertz CT molecular complexity index is 952. The van der Waals surface area contributed by atoms with Gasteiger partial charge in [-0.15, -0.1) is 0 Å². The van der Waals surface area contributed by atoms with Crippen LogP contribution in [0.25, 0.3) is 0 Å². The minimum absolute atomic E-state index is 0.115. The number of benzene rings is 2. The zero-order valence-electron chi connectivity index (χ0n) is 13.4. The Morgan fingerprint density at radius 1 is 1.08 bits per heavy atom. The summed E-state index contributed by atoms with van der Waals surface area (Å²) in [5.74, 6) is 1.18. The average Bonchev–Trinajstić information content (AvgIpc) is 3.31. The molecular formula is C20H16N2O2S. The third kappa shape index (κ3) is 2.31. The predicted octanol–water partition coefficient (Wildman–Crippen LogP) is 4.70. The van der Waals surface area contributed by atoms with E-state index in [0.29, 0.717) is 0 Å². The normalized spacial score (nSPS) is 21.3. The van der Waals surface area contributed by atoms with Gasteiger partial charge >= 0.3 is 0 Å². The van der Waals surface area contributed by atoms with Crippen molar-refractivity contribution < 1.29 is 9.84 Å². The summed E-state index contributed by atoms with van der Waals surface area (Å²) in [6, 6.07) is 17.7. The molecule has 0 fully saturated rings. The number of ether oxygens (including phenoxy) is 1. The number of para-hydroxylation sites is 2. The number of phenolic OH excluding ortho intramolecular Hbond substituents is 1. The van der Waals surface area contributed by atoms with Crippen LogP contribution in [0.1, 0.15) is 35.4 Å². The molecule has 0 saturated heterocycles. The van der Waals surface area contributed by atoms with Gasteiger partial charge in [-0.25, -0.2) is 5.01 Å². The van der Waals surface area contributed by atoms with Crippen LogP contribution in [0.4, 0.5) is 0 Å². The van der Waals surface area contributed by atoms with Gasteiger partial charge in [-0.1, -0.05) is 30.3 Å². The van der Waals surface area contributed by atoms with Crippen molar-refractivity contribution in [3.05, 3.63) is 82.0 Å². The van der Waals surface area contributed by atoms with E-state index >= 15 is 0 Å². The number of rotatable bonds is 2. The van der Waals surface area contributed by atoms with Crippen LogP contribution in [-0.2, 0) is 0 Å². The lowest BCUT2D eigenvalue weighted by atomic mass is 9.96. The van der Waals surface area contributed by atoms with Crippen molar-refractivity contribution in [1.29, 1.82) is 0 Å². The molecule has 3 heterocycles. The van der Waals surface area contributed by atoms with E-state index in [4.69, 9.17) is 9.84 Å². The lowest BCUT2D eigenvalue weighted by molar-refractivity contribution is -0.0187. The van der Waals surface area contributed by atoms with Crippen LogP contribution in [-0.4, -0.2) is 15.8 Å². The van der Waals surface area contributed by atoms with Crippen LogP contribution in [0.5, 0.6) is 11.5 Å². The van der Waals surface area contributed by atoms with Gasteiger partial charge in [0.25, 0.3) is 0 Å². The molecule has 0 radical (unpaired) electrons. The second-order valence-electron chi connectivity index (χ2n) is 6.23. The van der Waals surface area contributed by atoms with Crippen molar-refractivity contribution in [2.45, 2.75) is 18.7 Å². The number of hydrogen-bond acceptors (Lipinski definition) is 5. The highest BCUT2D eigenvalue weighted by molar-refractivity contribution is 7.07. The molecular weight excluding hydrogens is 332 g/mol. The Kier molecular flexibility index (Phi) is 3.28. The molecule has 2 atom stereocenters. The van der Waals surface area contributed by atoms with Crippen LogP contribution in [0.2, 0.25) is 0 Å². The van der Waals surface area contributed by atoms with Crippen LogP contribution < -0.4 is 4.74 Å². The third-order valence-electron chi connectivity index (χ3n) is 4.74. The molecule has 0 aliphatic carbocycles. The van der Waals surface area contributed by atoms with Crippen molar-refractivity contribution >= 4 is 17.0 Å². The smallest absolute Gasteiger partial charge is 0.214 e. The molecule has 5 heteroatoms. The van der Waals surface area contributed by atoms with Crippen molar-refractivity contribution in [1.82, 2.24) is 5.01 Å². The van der Waals surface area contributed by atoms with Gasteiger partial charge < -0.3 is 9.84 Å². The second kappa shape index (κ2) is 5.63. The first kappa shape index (κ1) is 14.5. The van der Waals surface area contributed by atoms with Crippen molar-refractivity contribution in [2.75, 3.05) is 0 Å². The lowest BCUT2D eigenvalue weighted by Gasteiger charge is -2.37. The second-order valence-corrected chi connectivity index (χ2v) is 7.01. The first-order valence-electron chi connectivity index (χ1n) is 8.23. The maximum Gasteiger partial charge on any atom is 0.214 e. The zero-order valence-corrected chi connectivity index (χ0v) is 14.2. The molecule has 1 N–H and O–H groups in total. The minimum atomic E-state index is -0.241. The summed E-state index contributed by atoms with van der Waals surface area (Å²) >= 11 is 1.65. The molecule has 2 unspecified atom stereocenters. The number of phenols is 1. The Morgan fingerprint density at radius 3 is 2.76 bits per heavy atom. The first-order chi connectivity index (χ1) is 12.3. The SMILES string of the molecule is Oc1ccccc1C1=NN2C(C1)c1ccccc1OC2c1ccsc1. The highest BCUT2D eigenvalue weighted by Crippen LogP contribution is 2.48. The summed E-state index contributed by atoms with van der Waals surface area (Å²) in [6.07, 6.45) is 0.507. The van der Waals surface area contributed by atoms with Crippen molar-refractivity contribution in [3.8, 4) is 11.5 Å². The number of nitrogens with zero attached hydrogens (tertiary/aromatic N) is 2. The van der Waals surface area contributed by atoms with Gasteiger partial charge in [0.2, 0.25) is 6.23 Å². The van der Waals surface area contributed by atoms with Crippen LogP contribution >= 0.6 is 11.3 Å². The van der Waals surface area contributed by atoms with Crippen LogP contribution in [0.15, 0.2) is 70.5 Å². The van der Waals surface area contributed by atoms with Crippen LogP contribution in [0, 0.1) is 0 Å². The summed E-state index contributed by atoms with van der Waals surface area (Å²) < 4.78 is 6.27. The van der Waals surface area contributed by atoms with E-state index in [1.807, 2.05) is 41.4 Å². The van der Waals surface area contributed by atoms with Gasteiger partial charge in [0.1, 0.15) is 11.5 Å². The summed E-state index contributed by atoms with van der Waals surface area (Å²) in [5, 5.41) is 21.3. The Labute approximate surface area is 149 Å². The quantitative estimate of drug-likeness (QED) is 0.730. The predicted molar refractivity (Wildman–Crippen MR) is 98.0 cm³/mol. The van der Waals surface area contributed by atoms with Gasteiger partial charge in [0.15, 0.2) is 0 Å². The molecule has 2 aliphatic heterocycles. The monoisotopic (exact) mass is 348 g/mol. The van der Waals surface area contributed by atoms with Gasteiger partial charge in [-0.3, -0.25) is 0 Å². The molecule has 0 spiro atoms. The van der Waals surface area contributed by atoms with E-state index in [1.54, 1.807) is 17.4 Å². The molecule has 2 aromatic carbocycles. The molecule has 3 aromatic rings. The fraction of sp³-hybridized carbons (Fsp3) is 0.150. The number of fused-ring (bicyclic) bond motifs is 3. The Balaban J connectivity index is 1.62. The number of hydrazone groups is 1. The third-order valence-corrected chi connectivity index (χ3v) is 5.44. The molecule has 0 amide bonds. The molecule has 4 nitrogen and oxygen atoms in total. The van der Waals surface area contributed by atoms with Crippen LogP contribution in [0.3, 0.4) is 0 Å². The number of hydrogen-bond donors (Lipinski definition) is 1. The van der Waals surface area contributed by atoms with E-state index in [2.05, 4.69) is 22.9 Å². The topological polar surface area (TPSA) is 45.1 Å². The number of thiophene rings is 1. The molecule has 5 rings (SSSR count). The summed E-state index contributed by atoms with van der Waals surface area (Å²) in [5.41, 5.74) is 3.93. The van der Waals surface area contributed by atoms with E-state index in [-0.39, 0.29) is 18.0 Å². The van der Waals surface area contributed by atoms with Gasteiger partial charge in [0.05, 0.1) is 11.8 Å². The fourth-order valence-electron chi connectivity index (χ4n) is 3.55. The lowest BCUT2D eigenvalue weighted by Crippen LogP contribution is -2.33. The Hall–Kier alpha value is -2.79. The Morgan fingerprint density at radius 2 is 1.92 bits per heavy atom. The molecule has 25 heavy (non-hydrogen) atoms. The van der Waals surface area contributed by atoms with E-state index < -0.39 is 0 Å². The highest BCUT2D eigenvalue weighted by atomic mass is 32.1. The summed E-state index contributed by atoms with van der Waals surface area (Å²) in [4.78, 5) is 0. The standard InChI is InChI=1S/C20H16N2O2S/c23-18-7-3-1-5-14(18)16-11-17-15-6-2-4-8-19(15)24-20(22(17)21-16)13-9-10-25-12-13/h1-10,12,17,20,23H,11H2. The minimum Gasteiger partial charge on any atom is -0.507 e. The summed E-state index contributed by atoms with van der Waals surface area (Å²) in [6.45, 7) is 0. The zero-order chi connectivity index (χ0) is 16.8. The van der Waals surface area contributed by atoms with Gasteiger partial charge in [-0.05, 0) is 35.0 Å². The van der Waals surface area contributed by atoms with Gasteiger partial charge in [0, 0.05) is 23.1 Å². The summed E-state index contributed by atoms with van der Waals surface area (Å²) in [7, 11) is 0. The number of aromatic hydroxyl groups is 1. The molecule has 124 valence electrons. The van der Waals surface area contributed by atoms with E-state index in [0.717, 1.165) is 34.6 Å². The highest BCUT2D eigenvalue weighted by Gasteiger charge is 2.41. The molecule has 0 bridgehead atoms. The van der Waals surface area contributed by atoms with Gasteiger partial charge in [-0.2, -0.15) is 16.4 Å². The average molecular weight is 348 g/mol. The first-order valence-corrected chi connectivity index (χ1v) is 9.17. The van der Waals surface area contributed by atoms with E-state index in [9.17, 15) is 5.11 Å². The van der Waals surface area contributed by atoms with E-state index in [1.165, 1.54) is 0 Å². The fourth-order valence-corrected chi connectivity index (χ4v) is 4.22. The molecule has 1 aromatic heterocycles. The van der Waals surface area contributed by atoms with Crippen molar-refractivity contribution in [3.63, 3.8) is 0 Å². The maximum absolute atomic E-state index is 10.2. The largest absolute Gasteiger partial charge is 0.507 e. The molecule has 0 saturated carbocycles. The van der Waals surface area contributed by atoms with Crippen molar-refractivity contribution in [2.24, 2.45) is 5.10 Å². The molecule has 2 aliphatic rings. The maximum atomic E-state index is 10.2.